The molecule has 15 atom stereocenters. The van der Waals surface area contributed by atoms with E-state index in [-0.39, 0.29) is 31.0 Å². The van der Waals surface area contributed by atoms with Crippen molar-refractivity contribution in [2.75, 3.05) is 34.9 Å². The van der Waals surface area contributed by atoms with Gasteiger partial charge >= 0.3 is 5.97 Å². The summed E-state index contributed by atoms with van der Waals surface area (Å²) < 4.78 is 46.1. The van der Waals surface area contributed by atoms with Crippen LogP contribution in [0.15, 0.2) is 65.8 Å². The molecule has 4 N–H and O–H groups in total. The number of carbonyl (C=O) groups excluding carboxylic acids is 2. The molecule has 382 valence electrons. The number of aliphatic hydroxyl groups excluding tert-OH is 4. The van der Waals surface area contributed by atoms with Gasteiger partial charge in [-0.3, -0.25) is 14.3 Å². The van der Waals surface area contributed by atoms with Crippen molar-refractivity contribution in [3.8, 4) is 0 Å². The van der Waals surface area contributed by atoms with Gasteiger partial charge in [-0.1, -0.05) is 61.1 Å². The van der Waals surface area contributed by atoms with Crippen molar-refractivity contribution in [2.45, 2.75) is 154 Å². The van der Waals surface area contributed by atoms with Crippen LogP contribution in [0.3, 0.4) is 0 Å². The number of hydrogen-bond donors (Lipinski definition) is 4. The lowest BCUT2D eigenvalue weighted by Crippen LogP contribution is -2.63. The summed E-state index contributed by atoms with van der Waals surface area (Å²) in [6, 6.07) is 6.89. The summed E-state index contributed by atoms with van der Waals surface area (Å²) in [6.45, 7) is 11.4. The number of aromatic nitrogens is 6. The molecule has 0 aliphatic carbocycles. The van der Waals surface area contributed by atoms with Crippen molar-refractivity contribution in [3.63, 3.8) is 0 Å². The smallest absolute Gasteiger partial charge is 0.308 e. The molecule has 0 spiro atoms. The number of esters is 1. The zero-order valence-electron chi connectivity index (χ0n) is 41.5. The molecule has 3 aliphatic heterocycles. The highest BCUT2D eigenvalue weighted by Crippen LogP contribution is 2.35. The highest BCUT2D eigenvalue weighted by atomic mass is 16.7. The number of fused-ring (bicyclic) bond motifs is 1. The van der Waals surface area contributed by atoms with Gasteiger partial charge in [0.15, 0.2) is 24.1 Å². The zero-order chi connectivity index (χ0) is 50.1. The Hall–Kier alpha value is -4.64. The number of likely N-dealkylation sites (N-methyl/N-ethyl adjacent to an activating group) is 1. The maximum Gasteiger partial charge on any atom is 0.308 e. The predicted molar refractivity (Wildman–Crippen MR) is 251 cm³/mol. The zero-order valence-corrected chi connectivity index (χ0v) is 41.5. The molecule has 3 aliphatic rings. The Labute approximate surface area is 404 Å². The third kappa shape index (κ3) is 13.4. The van der Waals surface area contributed by atoms with Crippen molar-refractivity contribution < 1.29 is 63.2 Å². The molecule has 1 aromatic carbocycles. The molecular weight excluding hydrogens is 895 g/mol. The standard InChI is InChI=1S/C49H73N7O13/c1-11-39-33(26-65-48-41(64-10)23-40(63-9)44(60)30(5)66-48)20-27(2)16-17-37(57)28(3)21-32(18-19-55-24-34(50-52-55)25-56-36-15-13-12-14-35(36)51-53-56)47(29(4)38(58)22-42(59)68-39)69-49-46(62)43(54(7)8)45(61)31(6)67-49/h12-17,20,24,28-33,38-39,41,43,45-49,58,60-62H,11,18-19,21-23,25-26H2,1-10H3/b17-16+,27-20+/t28-,29+,30?,31-,32+,33-,38-,39-,41?,43?,45-,46?,47-,48-,49+/m1/s1. The highest BCUT2D eigenvalue weighted by Gasteiger charge is 2.47. The molecule has 3 aromatic rings. The first-order valence-corrected chi connectivity index (χ1v) is 24.0. The fraction of sp³-hybridized carbons (Fsp3) is 0.673. The van der Waals surface area contributed by atoms with Crippen LogP contribution >= 0.6 is 0 Å². The van der Waals surface area contributed by atoms with Crippen molar-refractivity contribution in [1.82, 2.24) is 34.9 Å². The number of ketones is 1. The first kappa shape index (κ1) is 53.7. The molecule has 0 amide bonds. The van der Waals surface area contributed by atoms with Gasteiger partial charge in [0.05, 0.1) is 68.9 Å². The van der Waals surface area contributed by atoms with Crippen molar-refractivity contribution in [2.24, 2.45) is 23.7 Å². The van der Waals surface area contributed by atoms with Crippen molar-refractivity contribution in [3.05, 3.63) is 71.5 Å². The van der Waals surface area contributed by atoms with E-state index in [4.69, 9.17) is 33.2 Å². The van der Waals surface area contributed by atoms with E-state index in [0.29, 0.717) is 43.0 Å². The van der Waals surface area contributed by atoms with Crippen LogP contribution in [-0.2, 0) is 55.8 Å². The molecule has 2 aromatic heterocycles. The second kappa shape index (κ2) is 24.5. The lowest BCUT2D eigenvalue weighted by atomic mass is 9.79. The molecule has 4 unspecified atom stereocenters. The molecular formula is C49H73N7O13. The monoisotopic (exact) mass is 968 g/mol. The Morgan fingerprint density at radius 3 is 2.41 bits per heavy atom. The molecule has 0 saturated carbocycles. The van der Waals surface area contributed by atoms with Gasteiger partial charge < -0.3 is 58.5 Å². The van der Waals surface area contributed by atoms with Crippen LogP contribution in [0.1, 0.15) is 79.3 Å². The Balaban J connectivity index is 1.29. The van der Waals surface area contributed by atoms with Gasteiger partial charge in [-0.15, -0.1) is 10.2 Å². The average molecular weight is 968 g/mol. The van der Waals surface area contributed by atoms with Gasteiger partial charge in [-0.2, -0.15) is 0 Å². The topological polar surface area (TPSA) is 244 Å². The number of rotatable bonds is 14. The van der Waals surface area contributed by atoms with E-state index in [0.717, 1.165) is 11.0 Å². The number of carbonyl (C=O) groups is 2. The number of ether oxygens (including phenoxy) is 7. The summed E-state index contributed by atoms with van der Waals surface area (Å²) in [5, 5.41) is 62.8. The second-order valence-electron chi connectivity index (χ2n) is 19.0. The van der Waals surface area contributed by atoms with Crippen LogP contribution in [0.25, 0.3) is 11.0 Å². The molecule has 20 heteroatoms. The number of cyclic esters (lactones) is 1. The third-order valence-corrected chi connectivity index (χ3v) is 13.7. The van der Waals surface area contributed by atoms with Crippen LogP contribution in [0, 0.1) is 23.7 Å². The number of methoxy groups -OCH3 is 2. The van der Waals surface area contributed by atoms with Gasteiger partial charge in [0, 0.05) is 37.8 Å². The molecule has 0 bridgehead atoms. The number of hydrogen-bond acceptors (Lipinski definition) is 18. The predicted octanol–water partition coefficient (Wildman–Crippen LogP) is 3.88. The number of aliphatic hydroxyl groups is 4. The van der Waals surface area contributed by atoms with Crippen LogP contribution in [-0.4, -0.2) is 169 Å². The summed E-state index contributed by atoms with van der Waals surface area (Å²) in [7, 11) is 6.47. The summed E-state index contributed by atoms with van der Waals surface area (Å²) in [6.07, 6.45) is -1.75. The lowest BCUT2D eigenvalue weighted by Gasteiger charge is -2.46. The van der Waals surface area contributed by atoms with E-state index in [2.05, 4.69) is 20.6 Å². The molecule has 20 nitrogen and oxygen atoms in total. The van der Waals surface area contributed by atoms with E-state index in [1.807, 2.05) is 57.3 Å². The van der Waals surface area contributed by atoms with E-state index >= 15 is 0 Å². The number of para-hydroxylation sites is 1. The Bertz CT molecular complexity index is 2250. The summed E-state index contributed by atoms with van der Waals surface area (Å²) >= 11 is 0. The average Bonchev–Trinajstić information content (AvgIpc) is 3.93. The largest absolute Gasteiger partial charge is 0.506 e. The normalized spacial score (nSPS) is 34.9. The summed E-state index contributed by atoms with van der Waals surface area (Å²) in [5.74, 6) is -2.88. The first-order valence-electron chi connectivity index (χ1n) is 24.0. The molecule has 0 radical (unpaired) electrons. The van der Waals surface area contributed by atoms with Crippen LogP contribution < -0.4 is 0 Å². The number of benzene rings is 1. The fourth-order valence-electron chi connectivity index (χ4n) is 9.55. The SMILES string of the molecule is CC[C@H]1OC(=O)C[C@@H](O)[C@H](C)[C@@H](O[C@@H]2O[C@H](C)[C@@H](O)C(N(C)C)C2O)[C@@H](CCn2cc(Cn3nnc4ccccc43)nn2)C[C@@H](C)C(=O)/C=C/C(C)=C/[C@@H]1CO[C@@H]1OC(C)C(O)=C(OC)CC1OC. The second-order valence-corrected chi connectivity index (χ2v) is 19.0. The quantitative estimate of drug-likeness (QED) is 0.168. The maximum atomic E-state index is 14.1. The summed E-state index contributed by atoms with van der Waals surface area (Å²) in [5.41, 5.74) is 2.99. The minimum atomic E-state index is -1.31. The molecule has 1 saturated heterocycles. The van der Waals surface area contributed by atoms with Gasteiger partial charge in [0.25, 0.3) is 0 Å². The minimum Gasteiger partial charge on any atom is -0.506 e. The maximum absolute atomic E-state index is 14.1. The van der Waals surface area contributed by atoms with Gasteiger partial charge in [0.1, 0.15) is 41.4 Å². The van der Waals surface area contributed by atoms with E-state index in [1.54, 1.807) is 55.2 Å². The third-order valence-electron chi connectivity index (χ3n) is 13.7. The van der Waals surface area contributed by atoms with Crippen molar-refractivity contribution >= 4 is 22.8 Å². The van der Waals surface area contributed by atoms with E-state index in [9.17, 15) is 30.0 Å². The van der Waals surface area contributed by atoms with Gasteiger partial charge in [0.2, 0.25) is 0 Å². The molecule has 69 heavy (non-hydrogen) atoms. The number of aryl methyl sites for hydroxylation is 1. The fourth-order valence-corrected chi connectivity index (χ4v) is 9.55. The Kier molecular flexibility index (Phi) is 19.0. The lowest BCUT2D eigenvalue weighted by molar-refractivity contribution is -0.304. The Morgan fingerprint density at radius 2 is 1.70 bits per heavy atom. The summed E-state index contributed by atoms with van der Waals surface area (Å²) in [4.78, 5) is 29.8. The van der Waals surface area contributed by atoms with E-state index < -0.39 is 104 Å². The first-order chi connectivity index (χ1) is 32.9. The molecule has 1 fully saturated rings. The highest BCUT2D eigenvalue weighted by molar-refractivity contribution is 5.91. The number of nitrogens with zero attached hydrogens (tertiary/aromatic N) is 7. The minimum absolute atomic E-state index is 0.00753. The molecule has 5 heterocycles. The van der Waals surface area contributed by atoms with Crippen LogP contribution in [0.5, 0.6) is 0 Å². The number of allylic oxidation sites excluding steroid dienone is 3. The van der Waals surface area contributed by atoms with Crippen LogP contribution in [0.2, 0.25) is 0 Å². The van der Waals surface area contributed by atoms with E-state index in [1.165, 1.54) is 20.3 Å². The van der Waals surface area contributed by atoms with Crippen LogP contribution in [0.4, 0.5) is 0 Å². The van der Waals surface area contributed by atoms with Gasteiger partial charge in [-0.25, -0.2) is 4.68 Å². The Morgan fingerprint density at radius 1 is 0.942 bits per heavy atom. The van der Waals surface area contributed by atoms with Crippen molar-refractivity contribution in [1.29, 1.82) is 0 Å². The molecule has 6 rings (SSSR count). The van der Waals surface area contributed by atoms with Gasteiger partial charge in [-0.05, 0) is 78.3 Å².